The van der Waals surface area contributed by atoms with Gasteiger partial charge in [0.1, 0.15) is 30.5 Å². The highest BCUT2D eigenvalue weighted by molar-refractivity contribution is 5.16. The molecule has 238 valence electrons. The maximum atomic E-state index is 10.1. The number of benzene rings is 4. The lowest BCUT2D eigenvalue weighted by atomic mass is 9.97. The van der Waals surface area contributed by atoms with Crippen molar-refractivity contribution in [2.24, 2.45) is 0 Å². The molecule has 8 heteroatoms. The van der Waals surface area contributed by atoms with E-state index in [1.54, 1.807) is 0 Å². The van der Waals surface area contributed by atoms with Crippen molar-refractivity contribution in [2.75, 3.05) is 19.8 Å². The molecule has 0 radical (unpaired) electrons. The fourth-order valence-corrected chi connectivity index (χ4v) is 5.14. The van der Waals surface area contributed by atoms with Gasteiger partial charge >= 0.3 is 0 Å². The summed E-state index contributed by atoms with van der Waals surface area (Å²) in [5.41, 5.74) is 4.02. The summed E-state index contributed by atoms with van der Waals surface area (Å²) in [4.78, 5) is 0. The molecular weight excluding hydrogens is 572 g/mol. The second kappa shape index (κ2) is 17.9. The first kappa shape index (κ1) is 32.9. The van der Waals surface area contributed by atoms with E-state index in [9.17, 15) is 10.2 Å². The normalized spacial score (nSPS) is 22.2. The predicted molar refractivity (Wildman–Crippen MR) is 169 cm³/mol. The van der Waals surface area contributed by atoms with E-state index < -0.39 is 43.4 Å². The van der Waals surface area contributed by atoms with Crippen LogP contribution in [0.5, 0.6) is 0 Å². The molecule has 1 fully saturated rings. The van der Waals surface area contributed by atoms with E-state index >= 15 is 0 Å². The van der Waals surface area contributed by atoms with E-state index in [-0.39, 0.29) is 19.8 Å². The molecule has 1 aliphatic heterocycles. The van der Waals surface area contributed by atoms with Gasteiger partial charge in [-0.25, -0.2) is 0 Å². The van der Waals surface area contributed by atoms with Crippen LogP contribution in [-0.4, -0.2) is 66.8 Å². The fraction of sp³-hybridized carbons (Fsp3) is 0.351. The first-order valence-electron chi connectivity index (χ1n) is 15.3. The molecule has 4 aromatic carbocycles. The van der Waals surface area contributed by atoms with Gasteiger partial charge in [-0.1, -0.05) is 121 Å². The lowest BCUT2D eigenvalue weighted by Gasteiger charge is -2.46. The van der Waals surface area contributed by atoms with Crippen molar-refractivity contribution in [1.29, 1.82) is 0 Å². The zero-order chi connectivity index (χ0) is 31.1. The van der Waals surface area contributed by atoms with Crippen LogP contribution in [0.4, 0.5) is 0 Å². The summed E-state index contributed by atoms with van der Waals surface area (Å²) in [6.45, 7) is 0.926. The van der Waals surface area contributed by atoms with Gasteiger partial charge in [-0.15, -0.1) is 0 Å². The van der Waals surface area contributed by atoms with Crippen LogP contribution in [0.2, 0.25) is 0 Å². The molecule has 4 aromatic rings. The standard InChI is InChI=1S/C37H42O8/c38-21-32(39)26-44-37-36(43-25-31-19-11-4-12-20-31)35(42-24-30-17-9-3-10-18-30)34(41-23-29-15-7-2-8-16-29)33(45-37)27-40-22-28-13-5-1-6-14-28/h1-20,32-39H,21-27H2/t32?,33-,34-,35+,36-,37-/m1/s1. The Bertz CT molecular complexity index is 1340. The molecule has 6 atom stereocenters. The van der Waals surface area contributed by atoms with Crippen molar-refractivity contribution < 1.29 is 38.6 Å². The van der Waals surface area contributed by atoms with Crippen molar-refractivity contribution in [3.05, 3.63) is 144 Å². The molecule has 1 aliphatic rings. The molecule has 1 saturated heterocycles. The number of rotatable bonds is 17. The van der Waals surface area contributed by atoms with Crippen LogP contribution in [0.15, 0.2) is 121 Å². The van der Waals surface area contributed by atoms with Gasteiger partial charge < -0.3 is 38.6 Å². The van der Waals surface area contributed by atoms with Crippen LogP contribution in [0.1, 0.15) is 22.3 Å². The highest BCUT2D eigenvalue weighted by Gasteiger charge is 2.49. The Balaban J connectivity index is 1.43. The van der Waals surface area contributed by atoms with Gasteiger partial charge in [0, 0.05) is 0 Å². The second-order valence-corrected chi connectivity index (χ2v) is 11.0. The van der Waals surface area contributed by atoms with Crippen molar-refractivity contribution in [1.82, 2.24) is 0 Å². The van der Waals surface area contributed by atoms with Gasteiger partial charge in [0.25, 0.3) is 0 Å². The third-order valence-corrected chi connectivity index (χ3v) is 7.50. The summed E-state index contributed by atoms with van der Waals surface area (Å²) in [5, 5.41) is 19.6. The van der Waals surface area contributed by atoms with Crippen molar-refractivity contribution in [3.8, 4) is 0 Å². The van der Waals surface area contributed by atoms with Gasteiger partial charge in [-0.3, -0.25) is 0 Å². The van der Waals surface area contributed by atoms with E-state index in [1.807, 2.05) is 121 Å². The Kier molecular flexibility index (Phi) is 13.1. The number of aliphatic hydroxyl groups is 2. The topological polar surface area (TPSA) is 95.8 Å². The zero-order valence-corrected chi connectivity index (χ0v) is 25.3. The minimum atomic E-state index is -1.08. The van der Waals surface area contributed by atoms with Gasteiger partial charge in [0.2, 0.25) is 0 Å². The zero-order valence-electron chi connectivity index (χ0n) is 25.3. The molecule has 0 aromatic heterocycles. The van der Waals surface area contributed by atoms with Crippen LogP contribution in [0, 0.1) is 0 Å². The Hall–Kier alpha value is -3.44. The molecular formula is C37H42O8. The fourth-order valence-electron chi connectivity index (χ4n) is 5.14. The van der Waals surface area contributed by atoms with Crippen molar-refractivity contribution >= 4 is 0 Å². The quantitative estimate of drug-likeness (QED) is 0.171. The number of aliphatic hydroxyl groups excluding tert-OH is 2. The van der Waals surface area contributed by atoms with Gasteiger partial charge in [-0.05, 0) is 22.3 Å². The Labute approximate surface area is 265 Å². The Morgan fingerprint density at radius 3 is 1.42 bits per heavy atom. The van der Waals surface area contributed by atoms with E-state index in [4.69, 9.17) is 28.4 Å². The van der Waals surface area contributed by atoms with E-state index in [2.05, 4.69) is 0 Å². The van der Waals surface area contributed by atoms with Gasteiger partial charge in [0.05, 0.1) is 46.2 Å². The summed E-state index contributed by atoms with van der Waals surface area (Å²) in [5.74, 6) is 0. The summed E-state index contributed by atoms with van der Waals surface area (Å²) in [6.07, 6.45) is -4.55. The average molecular weight is 615 g/mol. The molecule has 8 nitrogen and oxygen atoms in total. The summed E-state index contributed by atoms with van der Waals surface area (Å²) in [7, 11) is 0. The van der Waals surface area contributed by atoms with E-state index in [0.717, 1.165) is 22.3 Å². The first-order valence-corrected chi connectivity index (χ1v) is 15.3. The molecule has 45 heavy (non-hydrogen) atoms. The highest BCUT2D eigenvalue weighted by atomic mass is 16.7. The number of ether oxygens (including phenoxy) is 6. The molecule has 0 saturated carbocycles. The highest BCUT2D eigenvalue weighted by Crippen LogP contribution is 2.31. The summed E-state index contributed by atoms with van der Waals surface area (Å²) in [6, 6.07) is 39.6. The van der Waals surface area contributed by atoms with E-state index in [1.165, 1.54) is 0 Å². The van der Waals surface area contributed by atoms with Crippen LogP contribution in [0.25, 0.3) is 0 Å². The monoisotopic (exact) mass is 614 g/mol. The maximum absolute atomic E-state index is 10.1. The lowest BCUT2D eigenvalue weighted by molar-refractivity contribution is -0.331. The molecule has 0 bridgehead atoms. The number of hydrogen-bond donors (Lipinski definition) is 2. The van der Waals surface area contributed by atoms with Gasteiger partial charge in [0.15, 0.2) is 6.29 Å². The minimum absolute atomic E-state index is 0.148. The molecule has 5 rings (SSSR count). The van der Waals surface area contributed by atoms with E-state index in [0.29, 0.717) is 19.8 Å². The Morgan fingerprint density at radius 1 is 0.533 bits per heavy atom. The van der Waals surface area contributed by atoms with Crippen LogP contribution in [0.3, 0.4) is 0 Å². The molecule has 2 N–H and O–H groups in total. The predicted octanol–water partition coefficient (Wildman–Crippen LogP) is 5.05. The van der Waals surface area contributed by atoms with Crippen LogP contribution >= 0.6 is 0 Å². The molecule has 0 spiro atoms. The Morgan fingerprint density at radius 2 is 0.956 bits per heavy atom. The molecule has 0 aliphatic carbocycles. The van der Waals surface area contributed by atoms with Crippen LogP contribution in [-0.2, 0) is 54.8 Å². The molecule has 1 unspecified atom stereocenters. The van der Waals surface area contributed by atoms with Gasteiger partial charge in [-0.2, -0.15) is 0 Å². The van der Waals surface area contributed by atoms with Crippen molar-refractivity contribution in [2.45, 2.75) is 63.2 Å². The summed E-state index contributed by atoms with van der Waals surface area (Å²) >= 11 is 0. The third kappa shape index (κ3) is 10.3. The SMILES string of the molecule is OCC(O)CO[C@@H]1O[C@H](COCc2ccccc2)[C@@H](OCc2ccccc2)[C@H](OCc2ccccc2)[C@H]1OCc1ccccc1. The third-order valence-electron chi connectivity index (χ3n) is 7.50. The average Bonchev–Trinajstić information content (AvgIpc) is 3.10. The second-order valence-electron chi connectivity index (χ2n) is 11.0. The van der Waals surface area contributed by atoms with Crippen molar-refractivity contribution in [3.63, 3.8) is 0 Å². The largest absolute Gasteiger partial charge is 0.394 e. The summed E-state index contributed by atoms with van der Waals surface area (Å²) < 4.78 is 38.5. The maximum Gasteiger partial charge on any atom is 0.187 e. The van der Waals surface area contributed by atoms with Crippen LogP contribution < -0.4 is 0 Å². The smallest absolute Gasteiger partial charge is 0.187 e. The first-order chi connectivity index (χ1) is 22.2. The molecule has 1 heterocycles. The number of hydrogen-bond acceptors (Lipinski definition) is 8. The molecule has 0 amide bonds. The lowest BCUT2D eigenvalue weighted by Crippen LogP contribution is -2.62. The minimum Gasteiger partial charge on any atom is -0.394 e.